The predicted octanol–water partition coefficient (Wildman–Crippen LogP) is 3.15. The molecular formula is C19H24N4O. The number of benzene rings is 1. The second kappa shape index (κ2) is 8.43. The third-order valence-electron chi connectivity index (χ3n) is 4.34. The topological polar surface area (TPSA) is 58.1 Å². The Morgan fingerprint density at radius 1 is 0.958 bits per heavy atom. The number of hydrogen-bond acceptors (Lipinski definition) is 4. The first-order valence-electron chi connectivity index (χ1n) is 8.74. The Labute approximate surface area is 143 Å². The predicted molar refractivity (Wildman–Crippen MR) is 95.0 cm³/mol. The fourth-order valence-corrected chi connectivity index (χ4v) is 2.96. The Kier molecular flexibility index (Phi) is 5.77. The highest BCUT2D eigenvalue weighted by Crippen LogP contribution is 2.13. The SMILES string of the molecule is O=C(c1ccc(NCCc2ccccc2)nn1)N1CCCCCC1. The molecule has 0 radical (unpaired) electrons. The van der Waals surface area contributed by atoms with E-state index < -0.39 is 0 Å². The van der Waals surface area contributed by atoms with Gasteiger partial charge in [0.05, 0.1) is 0 Å². The zero-order valence-electron chi connectivity index (χ0n) is 13.9. The van der Waals surface area contributed by atoms with E-state index in [2.05, 4.69) is 27.6 Å². The van der Waals surface area contributed by atoms with Gasteiger partial charge < -0.3 is 10.2 Å². The first-order chi connectivity index (χ1) is 11.8. The van der Waals surface area contributed by atoms with Gasteiger partial charge in [-0.2, -0.15) is 0 Å². The van der Waals surface area contributed by atoms with Gasteiger partial charge in [-0.3, -0.25) is 4.79 Å². The minimum atomic E-state index is 0.000218. The maximum Gasteiger partial charge on any atom is 0.274 e. The molecule has 0 atom stereocenters. The van der Waals surface area contributed by atoms with Crippen LogP contribution in [0, 0.1) is 0 Å². The van der Waals surface area contributed by atoms with Crippen molar-refractivity contribution in [3.05, 3.63) is 53.7 Å². The Morgan fingerprint density at radius 2 is 1.71 bits per heavy atom. The van der Waals surface area contributed by atoms with Gasteiger partial charge in [0.15, 0.2) is 5.69 Å². The number of rotatable bonds is 5. The number of amides is 1. The quantitative estimate of drug-likeness (QED) is 0.918. The molecule has 24 heavy (non-hydrogen) atoms. The van der Waals surface area contributed by atoms with Crippen molar-refractivity contribution in [2.45, 2.75) is 32.1 Å². The molecule has 1 fully saturated rings. The molecule has 0 spiro atoms. The maximum atomic E-state index is 12.5. The second-order valence-corrected chi connectivity index (χ2v) is 6.17. The number of nitrogens with zero attached hydrogens (tertiary/aromatic N) is 3. The summed E-state index contributed by atoms with van der Waals surface area (Å²) in [5.41, 5.74) is 1.72. The van der Waals surface area contributed by atoms with Gasteiger partial charge in [0.2, 0.25) is 0 Å². The zero-order chi connectivity index (χ0) is 16.6. The molecule has 1 saturated heterocycles. The molecule has 2 aromatic rings. The van der Waals surface area contributed by atoms with Crippen LogP contribution in [0.2, 0.25) is 0 Å². The molecule has 1 aliphatic rings. The van der Waals surface area contributed by atoms with Crippen LogP contribution >= 0.6 is 0 Å². The van der Waals surface area contributed by atoms with Crippen molar-refractivity contribution in [2.24, 2.45) is 0 Å². The van der Waals surface area contributed by atoms with Crippen LogP contribution in [0.25, 0.3) is 0 Å². The van der Waals surface area contributed by atoms with Crippen LogP contribution in [0.5, 0.6) is 0 Å². The van der Waals surface area contributed by atoms with Crippen molar-refractivity contribution >= 4 is 11.7 Å². The second-order valence-electron chi connectivity index (χ2n) is 6.17. The van der Waals surface area contributed by atoms with Crippen LogP contribution in [-0.2, 0) is 6.42 Å². The molecule has 0 aliphatic carbocycles. The van der Waals surface area contributed by atoms with E-state index in [1.165, 1.54) is 18.4 Å². The summed E-state index contributed by atoms with van der Waals surface area (Å²) >= 11 is 0. The summed E-state index contributed by atoms with van der Waals surface area (Å²) in [6.07, 6.45) is 5.51. The van der Waals surface area contributed by atoms with Crippen molar-refractivity contribution in [3.8, 4) is 0 Å². The average Bonchev–Trinajstić information content (AvgIpc) is 2.92. The Bertz CT molecular complexity index is 634. The highest BCUT2D eigenvalue weighted by atomic mass is 16.2. The Balaban J connectivity index is 1.52. The van der Waals surface area contributed by atoms with E-state index in [4.69, 9.17) is 0 Å². The van der Waals surface area contributed by atoms with Gasteiger partial charge in [-0.15, -0.1) is 10.2 Å². The van der Waals surface area contributed by atoms with Gasteiger partial charge in [0.1, 0.15) is 5.82 Å². The number of carbonyl (C=O) groups excluding carboxylic acids is 1. The molecule has 0 unspecified atom stereocenters. The lowest BCUT2D eigenvalue weighted by Gasteiger charge is -2.19. The average molecular weight is 324 g/mol. The highest BCUT2D eigenvalue weighted by Gasteiger charge is 2.18. The molecule has 2 heterocycles. The van der Waals surface area contributed by atoms with E-state index in [-0.39, 0.29) is 5.91 Å². The van der Waals surface area contributed by atoms with Gasteiger partial charge >= 0.3 is 0 Å². The van der Waals surface area contributed by atoms with Crippen molar-refractivity contribution in [3.63, 3.8) is 0 Å². The molecule has 1 amide bonds. The number of carbonyl (C=O) groups is 1. The molecule has 3 rings (SSSR count). The standard InChI is InChI=1S/C19H24N4O/c24-19(23-14-6-1-2-7-15-23)17-10-11-18(22-21-17)20-13-12-16-8-4-3-5-9-16/h3-5,8-11H,1-2,6-7,12-15H2,(H,20,22). The smallest absolute Gasteiger partial charge is 0.274 e. The molecule has 126 valence electrons. The molecule has 1 aromatic heterocycles. The van der Waals surface area contributed by atoms with Gasteiger partial charge in [0, 0.05) is 19.6 Å². The largest absolute Gasteiger partial charge is 0.368 e. The molecule has 5 heteroatoms. The minimum Gasteiger partial charge on any atom is -0.368 e. The molecule has 1 aliphatic heterocycles. The molecule has 5 nitrogen and oxygen atoms in total. The van der Waals surface area contributed by atoms with Crippen LogP contribution < -0.4 is 5.32 Å². The summed E-state index contributed by atoms with van der Waals surface area (Å²) in [6, 6.07) is 13.9. The Morgan fingerprint density at radius 3 is 2.38 bits per heavy atom. The van der Waals surface area contributed by atoms with E-state index >= 15 is 0 Å². The minimum absolute atomic E-state index is 0.000218. The number of nitrogens with one attached hydrogen (secondary N) is 1. The lowest BCUT2D eigenvalue weighted by atomic mass is 10.1. The zero-order valence-corrected chi connectivity index (χ0v) is 13.9. The number of anilines is 1. The van der Waals surface area contributed by atoms with E-state index in [9.17, 15) is 4.79 Å². The summed E-state index contributed by atoms with van der Waals surface area (Å²) < 4.78 is 0. The summed E-state index contributed by atoms with van der Waals surface area (Å²) in [7, 11) is 0. The monoisotopic (exact) mass is 324 g/mol. The molecule has 0 bridgehead atoms. The van der Waals surface area contributed by atoms with Crippen LogP contribution in [-0.4, -0.2) is 40.6 Å². The van der Waals surface area contributed by atoms with Crippen molar-refractivity contribution in [2.75, 3.05) is 25.0 Å². The summed E-state index contributed by atoms with van der Waals surface area (Å²) in [6.45, 7) is 2.45. The maximum absolute atomic E-state index is 12.5. The summed E-state index contributed by atoms with van der Waals surface area (Å²) in [4.78, 5) is 14.4. The third-order valence-corrected chi connectivity index (χ3v) is 4.34. The number of hydrogen-bond donors (Lipinski definition) is 1. The van der Waals surface area contributed by atoms with Crippen LogP contribution in [0.15, 0.2) is 42.5 Å². The molecule has 1 aromatic carbocycles. The first-order valence-corrected chi connectivity index (χ1v) is 8.74. The molecular weight excluding hydrogens is 300 g/mol. The van der Waals surface area contributed by atoms with Gasteiger partial charge in [-0.05, 0) is 37.0 Å². The molecule has 0 saturated carbocycles. The van der Waals surface area contributed by atoms with Crippen molar-refractivity contribution < 1.29 is 4.79 Å². The molecule has 1 N–H and O–H groups in total. The Hall–Kier alpha value is -2.43. The van der Waals surface area contributed by atoms with E-state index in [0.717, 1.165) is 38.9 Å². The van der Waals surface area contributed by atoms with E-state index in [1.807, 2.05) is 29.2 Å². The van der Waals surface area contributed by atoms with Crippen molar-refractivity contribution in [1.82, 2.24) is 15.1 Å². The normalized spacial score (nSPS) is 14.9. The summed E-state index contributed by atoms with van der Waals surface area (Å²) in [5.74, 6) is 0.707. The van der Waals surface area contributed by atoms with Crippen molar-refractivity contribution in [1.29, 1.82) is 0 Å². The van der Waals surface area contributed by atoms with E-state index in [1.54, 1.807) is 6.07 Å². The number of aromatic nitrogens is 2. The van der Waals surface area contributed by atoms with Crippen LogP contribution in [0.1, 0.15) is 41.7 Å². The third kappa shape index (κ3) is 4.54. The summed E-state index contributed by atoms with van der Waals surface area (Å²) in [5, 5.41) is 11.5. The van der Waals surface area contributed by atoms with Gasteiger partial charge in [0.25, 0.3) is 5.91 Å². The van der Waals surface area contributed by atoms with E-state index in [0.29, 0.717) is 11.5 Å². The fraction of sp³-hybridized carbons (Fsp3) is 0.421. The fourth-order valence-electron chi connectivity index (χ4n) is 2.96. The van der Waals surface area contributed by atoms with Crippen LogP contribution in [0.4, 0.5) is 5.82 Å². The lowest BCUT2D eigenvalue weighted by molar-refractivity contribution is 0.0754. The first kappa shape index (κ1) is 16.4. The lowest BCUT2D eigenvalue weighted by Crippen LogP contribution is -2.32. The van der Waals surface area contributed by atoms with Gasteiger partial charge in [-0.25, -0.2) is 0 Å². The number of likely N-dealkylation sites (tertiary alicyclic amines) is 1. The van der Waals surface area contributed by atoms with Gasteiger partial charge in [-0.1, -0.05) is 43.2 Å². The highest BCUT2D eigenvalue weighted by molar-refractivity contribution is 5.92. The van der Waals surface area contributed by atoms with Crippen LogP contribution in [0.3, 0.4) is 0 Å².